The summed E-state index contributed by atoms with van der Waals surface area (Å²) in [7, 11) is 0. The summed E-state index contributed by atoms with van der Waals surface area (Å²) in [5.74, 6) is 0.495. The van der Waals surface area contributed by atoms with Gasteiger partial charge in [0, 0.05) is 9.26 Å². The summed E-state index contributed by atoms with van der Waals surface area (Å²) in [4.78, 5) is 12.0. The lowest BCUT2D eigenvalue weighted by Gasteiger charge is -2.15. The lowest BCUT2D eigenvalue weighted by molar-refractivity contribution is -0.118. The van der Waals surface area contributed by atoms with E-state index in [9.17, 15) is 4.79 Å². The molecule has 2 rings (SSSR count). The minimum atomic E-state index is -0.0436. The van der Waals surface area contributed by atoms with Crippen molar-refractivity contribution < 1.29 is 4.79 Å². The van der Waals surface area contributed by atoms with Crippen molar-refractivity contribution in [2.45, 2.75) is 19.4 Å². The number of benzene rings is 1. The van der Waals surface area contributed by atoms with Gasteiger partial charge in [-0.05, 0) is 59.7 Å². The van der Waals surface area contributed by atoms with Crippen molar-refractivity contribution in [2.24, 2.45) is 5.92 Å². The fourth-order valence-corrected chi connectivity index (χ4v) is 2.51. The van der Waals surface area contributed by atoms with Crippen LogP contribution in [0.25, 0.3) is 0 Å². The molecule has 1 aliphatic rings. The smallest absolute Gasteiger partial charge is 0.241 e. The predicted octanol–water partition coefficient (Wildman–Crippen LogP) is 2.23. The Morgan fingerprint density at radius 3 is 3.00 bits per heavy atom. The molecule has 0 radical (unpaired) electrons. The van der Waals surface area contributed by atoms with Gasteiger partial charge in [0.1, 0.15) is 0 Å². The van der Waals surface area contributed by atoms with Crippen LogP contribution in [0.5, 0.6) is 0 Å². The Hall–Kier alpha value is -0.620. The number of rotatable bonds is 2. The Bertz CT molecular complexity index is 394. The first kappa shape index (κ1) is 11.9. The highest BCUT2D eigenvalue weighted by molar-refractivity contribution is 14.1. The van der Waals surface area contributed by atoms with Crippen LogP contribution in [0.4, 0.5) is 5.69 Å². The summed E-state index contributed by atoms with van der Waals surface area (Å²) in [6.45, 7) is 3.05. The van der Waals surface area contributed by atoms with Crippen molar-refractivity contribution in [1.82, 2.24) is 5.32 Å². The molecule has 1 heterocycles. The van der Waals surface area contributed by atoms with Gasteiger partial charge in [0.15, 0.2) is 0 Å². The topological polar surface area (TPSA) is 41.1 Å². The van der Waals surface area contributed by atoms with Gasteiger partial charge in [-0.3, -0.25) is 4.79 Å². The zero-order chi connectivity index (χ0) is 11.5. The molecule has 2 atom stereocenters. The second-order valence-corrected chi connectivity index (χ2v) is 5.44. The van der Waals surface area contributed by atoms with Crippen molar-refractivity contribution in [1.29, 1.82) is 0 Å². The molecule has 0 saturated carbocycles. The van der Waals surface area contributed by atoms with Crippen LogP contribution in [0.3, 0.4) is 0 Å². The number of carbonyl (C=O) groups excluding carboxylic acids is 1. The lowest BCUT2D eigenvalue weighted by atomic mass is 10.0. The monoisotopic (exact) mass is 330 g/mol. The van der Waals surface area contributed by atoms with Gasteiger partial charge in [0.2, 0.25) is 5.91 Å². The van der Waals surface area contributed by atoms with Gasteiger partial charge in [0.25, 0.3) is 0 Å². The van der Waals surface area contributed by atoms with Gasteiger partial charge in [-0.2, -0.15) is 0 Å². The molecule has 0 aromatic heterocycles. The third-order valence-corrected chi connectivity index (χ3v) is 3.58. The SMILES string of the molecule is CC1CCNC1C(=O)Nc1cccc(I)c1. The maximum Gasteiger partial charge on any atom is 0.241 e. The molecule has 0 bridgehead atoms. The quantitative estimate of drug-likeness (QED) is 0.817. The Morgan fingerprint density at radius 1 is 1.56 bits per heavy atom. The third-order valence-electron chi connectivity index (χ3n) is 2.91. The van der Waals surface area contributed by atoms with Crippen LogP contribution >= 0.6 is 22.6 Å². The maximum absolute atomic E-state index is 12.0. The normalized spacial score (nSPS) is 24.4. The molecule has 1 saturated heterocycles. The van der Waals surface area contributed by atoms with Gasteiger partial charge >= 0.3 is 0 Å². The zero-order valence-corrected chi connectivity index (χ0v) is 11.3. The van der Waals surface area contributed by atoms with Gasteiger partial charge < -0.3 is 10.6 Å². The Morgan fingerprint density at radius 2 is 2.38 bits per heavy atom. The molecule has 3 nitrogen and oxygen atoms in total. The van der Waals surface area contributed by atoms with E-state index in [1.54, 1.807) is 0 Å². The van der Waals surface area contributed by atoms with Crippen molar-refractivity contribution in [3.63, 3.8) is 0 Å². The van der Waals surface area contributed by atoms with E-state index in [1.165, 1.54) is 0 Å². The molecule has 16 heavy (non-hydrogen) atoms. The number of anilines is 1. The van der Waals surface area contributed by atoms with Crippen LogP contribution < -0.4 is 10.6 Å². The molecular formula is C12H15IN2O. The van der Waals surface area contributed by atoms with Gasteiger partial charge in [-0.25, -0.2) is 0 Å². The summed E-state index contributed by atoms with van der Waals surface area (Å²) < 4.78 is 1.13. The van der Waals surface area contributed by atoms with Gasteiger partial charge in [-0.15, -0.1) is 0 Å². The Balaban J connectivity index is 2.02. The molecule has 2 unspecified atom stereocenters. The average molecular weight is 330 g/mol. The fraction of sp³-hybridized carbons (Fsp3) is 0.417. The van der Waals surface area contributed by atoms with E-state index in [0.29, 0.717) is 5.92 Å². The van der Waals surface area contributed by atoms with E-state index in [-0.39, 0.29) is 11.9 Å². The predicted molar refractivity (Wildman–Crippen MR) is 73.4 cm³/mol. The molecule has 0 aliphatic carbocycles. The van der Waals surface area contributed by atoms with E-state index in [4.69, 9.17) is 0 Å². The van der Waals surface area contributed by atoms with Crippen LogP contribution in [0, 0.1) is 9.49 Å². The molecule has 1 fully saturated rings. The lowest BCUT2D eigenvalue weighted by Crippen LogP contribution is -2.39. The maximum atomic E-state index is 12.0. The zero-order valence-electron chi connectivity index (χ0n) is 9.16. The molecule has 86 valence electrons. The number of halogens is 1. The largest absolute Gasteiger partial charge is 0.325 e. The van der Waals surface area contributed by atoms with Crippen LogP contribution in [0.2, 0.25) is 0 Å². The molecule has 1 aromatic rings. The molecule has 0 spiro atoms. The first-order valence-corrected chi connectivity index (χ1v) is 6.54. The van der Waals surface area contributed by atoms with Crippen LogP contribution in [0.15, 0.2) is 24.3 Å². The van der Waals surface area contributed by atoms with Crippen LogP contribution in [-0.4, -0.2) is 18.5 Å². The summed E-state index contributed by atoms with van der Waals surface area (Å²) in [5, 5.41) is 6.18. The number of hydrogen-bond donors (Lipinski definition) is 2. The molecular weight excluding hydrogens is 315 g/mol. The highest BCUT2D eigenvalue weighted by Crippen LogP contribution is 2.17. The number of carbonyl (C=O) groups is 1. The molecule has 2 N–H and O–H groups in total. The van der Waals surface area contributed by atoms with Crippen LogP contribution in [0.1, 0.15) is 13.3 Å². The van der Waals surface area contributed by atoms with E-state index >= 15 is 0 Å². The minimum absolute atomic E-state index is 0.0436. The molecule has 4 heteroatoms. The van der Waals surface area contributed by atoms with Gasteiger partial charge in [0.05, 0.1) is 6.04 Å². The Labute approximate surface area is 109 Å². The van der Waals surface area contributed by atoms with E-state index in [1.807, 2.05) is 24.3 Å². The second kappa shape index (κ2) is 5.14. The summed E-state index contributed by atoms with van der Waals surface area (Å²) in [6.07, 6.45) is 1.07. The first-order valence-electron chi connectivity index (χ1n) is 5.46. The number of nitrogens with one attached hydrogen (secondary N) is 2. The standard InChI is InChI=1S/C12H15IN2O/c1-8-5-6-14-11(8)12(16)15-10-4-2-3-9(13)7-10/h2-4,7-8,11,14H,5-6H2,1H3,(H,15,16). The van der Waals surface area contributed by atoms with Crippen molar-refractivity contribution in [2.75, 3.05) is 11.9 Å². The van der Waals surface area contributed by atoms with Gasteiger partial charge in [-0.1, -0.05) is 13.0 Å². The first-order chi connectivity index (χ1) is 7.66. The van der Waals surface area contributed by atoms with Crippen LogP contribution in [-0.2, 0) is 4.79 Å². The highest BCUT2D eigenvalue weighted by Gasteiger charge is 2.29. The third kappa shape index (κ3) is 2.74. The summed E-state index contributed by atoms with van der Waals surface area (Å²) in [6, 6.07) is 7.80. The molecule has 1 aromatic carbocycles. The Kier molecular flexibility index (Phi) is 3.81. The number of hydrogen-bond acceptors (Lipinski definition) is 2. The van der Waals surface area contributed by atoms with Crippen molar-refractivity contribution >= 4 is 34.2 Å². The molecule has 1 amide bonds. The van der Waals surface area contributed by atoms with E-state index in [2.05, 4.69) is 40.1 Å². The van der Waals surface area contributed by atoms with E-state index in [0.717, 1.165) is 22.2 Å². The van der Waals surface area contributed by atoms with Crippen molar-refractivity contribution in [3.8, 4) is 0 Å². The van der Waals surface area contributed by atoms with Crippen molar-refractivity contribution in [3.05, 3.63) is 27.8 Å². The fourth-order valence-electron chi connectivity index (χ4n) is 1.97. The molecule has 1 aliphatic heterocycles. The highest BCUT2D eigenvalue weighted by atomic mass is 127. The second-order valence-electron chi connectivity index (χ2n) is 4.20. The number of amides is 1. The summed E-state index contributed by atoms with van der Waals surface area (Å²) >= 11 is 2.24. The summed E-state index contributed by atoms with van der Waals surface area (Å²) in [5.41, 5.74) is 0.873. The van der Waals surface area contributed by atoms with E-state index < -0.39 is 0 Å². The average Bonchev–Trinajstić information content (AvgIpc) is 2.64. The minimum Gasteiger partial charge on any atom is -0.325 e.